The van der Waals surface area contributed by atoms with E-state index in [-0.39, 0.29) is 12.3 Å². The summed E-state index contributed by atoms with van der Waals surface area (Å²) in [5.41, 5.74) is 13.1. The summed E-state index contributed by atoms with van der Waals surface area (Å²) in [6, 6.07) is 17.8. The number of carbonyl (C=O) groups is 3. The van der Waals surface area contributed by atoms with Gasteiger partial charge in [-0.25, -0.2) is 4.79 Å². The predicted molar refractivity (Wildman–Crippen MR) is 148 cm³/mol. The Labute approximate surface area is 227 Å². The quantitative estimate of drug-likeness (QED) is 0.255. The molecule has 0 radical (unpaired) electrons. The Morgan fingerprint density at radius 1 is 0.846 bits per heavy atom. The smallest absolute Gasteiger partial charge is 0.312 e. The standard InChI is InChI=1S/C29H32N4O6/c1-33(2)28(35)25(15-19-13-23(37-3)17-24(14-19)38-4)20-7-11-22(12-8-20)39-21-9-5-18(6-10-21)16-26(27(30)34)32-29(31)36/h5-15,17,26H,16H2,1-4H3,(H2,30,34)(H3,31,32,36). The van der Waals surface area contributed by atoms with E-state index in [4.69, 9.17) is 25.7 Å². The first-order valence-electron chi connectivity index (χ1n) is 12.0. The van der Waals surface area contributed by atoms with Crippen LogP contribution in [0.25, 0.3) is 11.6 Å². The Hall–Kier alpha value is -4.99. The minimum atomic E-state index is -0.910. The number of nitrogens with zero attached hydrogens (tertiary/aromatic N) is 1. The molecule has 1 unspecified atom stereocenters. The second kappa shape index (κ2) is 13.0. The number of hydrogen-bond donors (Lipinski definition) is 3. The zero-order valence-corrected chi connectivity index (χ0v) is 22.3. The number of amides is 4. The van der Waals surface area contributed by atoms with Crippen LogP contribution in [0.5, 0.6) is 23.0 Å². The summed E-state index contributed by atoms with van der Waals surface area (Å²) in [6.07, 6.45) is 1.98. The second-order valence-electron chi connectivity index (χ2n) is 8.84. The van der Waals surface area contributed by atoms with Crippen LogP contribution >= 0.6 is 0 Å². The van der Waals surface area contributed by atoms with Gasteiger partial charge in [0.15, 0.2) is 0 Å². The maximum absolute atomic E-state index is 13.0. The van der Waals surface area contributed by atoms with E-state index < -0.39 is 18.0 Å². The molecule has 0 heterocycles. The minimum Gasteiger partial charge on any atom is -0.497 e. The molecule has 0 aliphatic heterocycles. The lowest BCUT2D eigenvalue weighted by atomic mass is 10.0. The molecule has 0 aliphatic carbocycles. The van der Waals surface area contributed by atoms with Crippen LogP contribution in [0.3, 0.4) is 0 Å². The third kappa shape index (κ3) is 8.00. The zero-order chi connectivity index (χ0) is 28.5. The Bertz CT molecular complexity index is 1330. The number of carbonyl (C=O) groups excluding carboxylic acids is 3. The van der Waals surface area contributed by atoms with Gasteiger partial charge in [-0.3, -0.25) is 9.59 Å². The Kier molecular flexibility index (Phi) is 9.53. The van der Waals surface area contributed by atoms with Gasteiger partial charge in [0.05, 0.1) is 14.2 Å². The molecule has 0 aromatic heterocycles. The van der Waals surface area contributed by atoms with E-state index in [1.54, 1.807) is 89.0 Å². The highest BCUT2D eigenvalue weighted by Crippen LogP contribution is 2.29. The lowest BCUT2D eigenvalue weighted by molar-refractivity contribution is -0.122. The average molecular weight is 533 g/mol. The number of urea groups is 1. The fraction of sp³-hybridized carbons (Fsp3) is 0.207. The van der Waals surface area contributed by atoms with Gasteiger partial charge >= 0.3 is 6.03 Å². The van der Waals surface area contributed by atoms with Gasteiger partial charge in [0.25, 0.3) is 5.91 Å². The van der Waals surface area contributed by atoms with Crippen LogP contribution in [0.1, 0.15) is 16.7 Å². The fourth-order valence-electron chi connectivity index (χ4n) is 3.75. The number of likely N-dealkylation sites (N-methyl/N-ethyl adjacent to an activating group) is 1. The molecule has 4 amide bonds. The first kappa shape index (κ1) is 28.6. The molecule has 0 spiro atoms. The maximum atomic E-state index is 13.0. The average Bonchev–Trinajstić information content (AvgIpc) is 2.92. The highest BCUT2D eigenvalue weighted by Gasteiger charge is 2.18. The Morgan fingerprint density at radius 2 is 1.38 bits per heavy atom. The molecule has 0 saturated heterocycles. The van der Waals surface area contributed by atoms with Gasteiger partial charge < -0.3 is 35.9 Å². The molecule has 204 valence electrons. The van der Waals surface area contributed by atoms with Crippen LogP contribution in [-0.2, 0) is 16.0 Å². The summed E-state index contributed by atoms with van der Waals surface area (Å²) in [5.74, 6) is 1.51. The predicted octanol–water partition coefficient (Wildman–Crippen LogP) is 3.19. The van der Waals surface area contributed by atoms with E-state index in [2.05, 4.69) is 5.32 Å². The number of ether oxygens (including phenoxy) is 3. The highest BCUT2D eigenvalue weighted by atomic mass is 16.5. The SMILES string of the molecule is COc1cc(C=C(C(=O)N(C)C)c2ccc(Oc3ccc(CC(NC(N)=O)C(N)=O)cc3)cc2)cc(OC)c1. The van der Waals surface area contributed by atoms with Gasteiger partial charge in [-0.1, -0.05) is 24.3 Å². The number of primary amides is 2. The lowest BCUT2D eigenvalue weighted by Gasteiger charge is -2.15. The fourth-order valence-corrected chi connectivity index (χ4v) is 3.75. The summed E-state index contributed by atoms with van der Waals surface area (Å²) in [5, 5.41) is 2.33. The van der Waals surface area contributed by atoms with Gasteiger partial charge in [-0.2, -0.15) is 0 Å². The van der Waals surface area contributed by atoms with Crippen molar-refractivity contribution < 1.29 is 28.6 Å². The molecule has 3 aromatic carbocycles. The molecular weight excluding hydrogens is 500 g/mol. The first-order chi connectivity index (χ1) is 18.6. The van der Waals surface area contributed by atoms with Crippen LogP contribution in [0.4, 0.5) is 4.79 Å². The monoisotopic (exact) mass is 532 g/mol. The molecule has 0 aliphatic rings. The number of rotatable bonds is 11. The van der Waals surface area contributed by atoms with E-state index >= 15 is 0 Å². The highest BCUT2D eigenvalue weighted by molar-refractivity contribution is 6.24. The molecular formula is C29H32N4O6. The molecule has 0 saturated carbocycles. The third-order valence-corrected chi connectivity index (χ3v) is 5.75. The van der Waals surface area contributed by atoms with Crippen LogP contribution in [-0.4, -0.2) is 57.1 Å². The number of hydrogen-bond acceptors (Lipinski definition) is 6. The van der Waals surface area contributed by atoms with Gasteiger partial charge in [0, 0.05) is 32.2 Å². The Balaban J connectivity index is 1.80. The van der Waals surface area contributed by atoms with Crippen molar-refractivity contribution in [3.05, 3.63) is 83.4 Å². The van der Waals surface area contributed by atoms with E-state index in [9.17, 15) is 14.4 Å². The van der Waals surface area contributed by atoms with Crippen LogP contribution in [0.15, 0.2) is 66.7 Å². The Morgan fingerprint density at radius 3 is 1.85 bits per heavy atom. The van der Waals surface area contributed by atoms with Crippen molar-refractivity contribution in [2.75, 3.05) is 28.3 Å². The second-order valence-corrected chi connectivity index (χ2v) is 8.84. The van der Waals surface area contributed by atoms with Crippen LogP contribution < -0.4 is 31.0 Å². The maximum Gasteiger partial charge on any atom is 0.312 e. The molecule has 39 heavy (non-hydrogen) atoms. The number of methoxy groups -OCH3 is 2. The summed E-state index contributed by atoms with van der Waals surface area (Å²) in [6.45, 7) is 0. The van der Waals surface area contributed by atoms with Crippen LogP contribution in [0, 0.1) is 0 Å². The molecule has 0 fully saturated rings. The topological polar surface area (TPSA) is 146 Å². The molecule has 3 rings (SSSR count). The van der Waals surface area contributed by atoms with Crippen LogP contribution in [0.2, 0.25) is 0 Å². The van der Waals surface area contributed by atoms with Crippen molar-refractivity contribution in [3.63, 3.8) is 0 Å². The largest absolute Gasteiger partial charge is 0.497 e. The van der Waals surface area contributed by atoms with Crippen molar-refractivity contribution in [1.82, 2.24) is 10.2 Å². The van der Waals surface area contributed by atoms with Gasteiger partial charge in [0.1, 0.15) is 29.0 Å². The van der Waals surface area contributed by atoms with E-state index in [1.807, 2.05) is 12.1 Å². The van der Waals surface area contributed by atoms with Crippen molar-refractivity contribution >= 4 is 29.5 Å². The molecule has 5 N–H and O–H groups in total. The summed E-state index contributed by atoms with van der Waals surface area (Å²) in [7, 11) is 6.52. The number of benzene rings is 3. The zero-order valence-electron chi connectivity index (χ0n) is 22.3. The molecule has 3 aromatic rings. The number of nitrogens with one attached hydrogen (secondary N) is 1. The minimum absolute atomic E-state index is 0.166. The summed E-state index contributed by atoms with van der Waals surface area (Å²) in [4.78, 5) is 37.2. The normalized spacial score (nSPS) is 11.7. The van der Waals surface area contributed by atoms with Crippen molar-refractivity contribution in [1.29, 1.82) is 0 Å². The third-order valence-electron chi connectivity index (χ3n) is 5.75. The molecule has 1 atom stereocenters. The molecule has 0 bridgehead atoms. The molecule has 10 heteroatoms. The van der Waals surface area contributed by atoms with E-state index in [0.29, 0.717) is 34.1 Å². The van der Waals surface area contributed by atoms with E-state index in [0.717, 1.165) is 11.1 Å². The summed E-state index contributed by atoms with van der Waals surface area (Å²) < 4.78 is 16.6. The van der Waals surface area contributed by atoms with Crippen molar-refractivity contribution in [2.24, 2.45) is 11.5 Å². The van der Waals surface area contributed by atoms with Gasteiger partial charge in [-0.05, 0) is 59.2 Å². The van der Waals surface area contributed by atoms with Gasteiger partial charge in [-0.15, -0.1) is 0 Å². The lowest BCUT2D eigenvalue weighted by Crippen LogP contribution is -2.47. The number of nitrogens with two attached hydrogens (primary N) is 2. The van der Waals surface area contributed by atoms with Crippen molar-refractivity contribution in [3.8, 4) is 23.0 Å². The van der Waals surface area contributed by atoms with Gasteiger partial charge in [0.2, 0.25) is 5.91 Å². The summed E-state index contributed by atoms with van der Waals surface area (Å²) >= 11 is 0. The van der Waals surface area contributed by atoms with E-state index in [1.165, 1.54) is 4.90 Å². The first-order valence-corrected chi connectivity index (χ1v) is 12.0. The van der Waals surface area contributed by atoms with Crippen molar-refractivity contribution in [2.45, 2.75) is 12.5 Å². The molecule has 10 nitrogen and oxygen atoms in total.